The minimum absolute atomic E-state index is 0.104. The molecular formula is C15H10ClFN2O. The first kappa shape index (κ1) is 12.7. The molecule has 0 aliphatic carbocycles. The van der Waals surface area contributed by atoms with Gasteiger partial charge in [-0.25, -0.2) is 4.39 Å². The molecule has 0 saturated carbocycles. The van der Waals surface area contributed by atoms with Crippen LogP contribution in [0.15, 0.2) is 48.7 Å². The molecule has 0 unspecified atom stereocenters. The zero-order chi connectivity index (χ0) is 14.1. The van der Waals surface area contributed by atoms with Gasteiger partial charge in [0.25, 0.3) is 5.91 Å². The Balaban J connectivity index is 1.95. The molecule has 1 heterocycles. The maximum absolute atomic E-state index is 13.7. The number of aromatic amines is 1. The zero-order valence-corrected chi connectivity index (χ0v) is 11.0. The number of rotatable bonds is 2. The molecule has 0 bridgehead atoms. The third-order valence-corrected chi connectivity index (χ3v) is 3.25. The average Bonchev–Trinajstić information content (AvgIpc) is 2.90. The molecular weight excluding hydrogens is 279 g/mol. The first-order chi connectivity index (χ1) is 9.65. The molecule has 3 nitrogen and oxygen atoms in total. The van der Waals surface area contributed by atoms with Crippen LogP contribution in [0.4, 0.5) is 10.1 Å². The topological polar surface area (TPSA) is 44.9 Å². The molecule has 3 aromatic rings. The number of benzene rings is 2. The average molecular weight is 289 g/mol. The van der Waals surface area contributed by atoms with Crippen LogP contribution in [0.2, 0.25) is 5.02 Å². The summed E-state index contributed by atoms with van der Waals surface area (Å²) in [6.07, 6.45) is 1.75. The second-order valence-electron chi connectivity index (χ2n) is 4.32. The van der Waals surface area contributed by atoms with E-state index in [1.54, 1.807) is 18.3 Å². The first-order valence-electron chi connectivity index (χ1n) is 5.97. The number of hydrogen-bond acceptors (Lipinski definition) is 1. The SMILES string of the molecule is O=C(Nc1ccc(Cl)cc1F)c1cccc2[nH]ccc12. The number of carbonyl (C=O) groups is 1. The predicted octanol–water partition coefficient (Wildman–Crippen LogP) is 4.21. The van der Waals surface area contributed by atoms with Gasteiger partial charge in [-0.2, -0.15) is 0 Å². The Kier molecular flexibility index (Phi) is 3.16. The number of fused-ring (bicyclic) bond motifs is 1. The molecule has 20 heavy (non-hydrogen) atoms. The molecule has 1 aromatic heterocycles. The number of aromatic nitrogens is 1. The third kappa shape index (κ3) is 2.26. The van der Waals surface area contributed by atoms with Crippen LogP contribution < -0.4 is 5.32 Å². The van der Waals surface area contributed by atoms with Crippen molar-refractivity contribution >= 4 is 34.1 Å². The maximum atomic E-state index is 13.7. The molecule has 5 heteroatoms. The molecule has 2 aromatic carbocycles. The number of nitrogens with one attached hydrogen (secondary N) is 2. The first-order valence-corrected chi connectivity index (χ1v) is 6.35. The summed E-state index contributed by atoms with van der Waals surface area (Å²) >= 11 is 5.68. The zero-order valence-electron chi connectivity index (χ0n) is 10.3. The van der Waals surface area contributed by atoms with Crippen LogP contribution >= 0.6 is 11.6 Å². The summed E-state index contributed by atoms with van der Waals surface area (Å²) in [7, 11) is 0. The molecule has 0 aliphatic rings. The lowest BCUT2D eigenvalue weighted by Crippen LogP contribution is -2.13. The molecule has 0 atom stereocenters. The van der Waals surface area contributed by atoms with E-state index in [1.807, 2.05) is 12.1 Å². The van der Waals surface area contributed by atoms with E-state index in [9.17, 15) is 9.18 Å². The Morgan fingerprint density at radius 3 is 2.85 bits per heavy atom. The number of carbonyl (C=O) groups excluding carboxylic acids is 1. The Bertz CT molecular complexity index is 797. The van der Waals surface area contributed by atoms with Gasteiger partial charge >= 0.3 is 0 Å². The molecule has 0 spiro atoms. The van der Waals surface area contributed by atoms with E-state index >= 15 is 0 Å². The highest BCUT2D eigenvalue weighted by molar-refractivity contribution is 6.30. The largest absolute Gasteiger partial charge is 0.361 e. The summed E-state index contributed by atoms with van der Waals surface area (Å²) in [5, 5.41) is 3.63. The number of halogens is 2. The summed E-state index contributed by atoms with van der Waals surface area (Å²) in [6.45, 7) is 0. The number of H-pyrrole nitrogens is 1. The fourth-order valence-electron chi connectivity index (χ4n) is 2.06. The third-order valence-electron chi connectivity index (χ3n) is 3.02. The van der Waals surface area contributed by atoms with Crippen LogP contribution in [0.5, 0.6) is 0 Å². The molecule has 0 fully saturated rings. The maximum Gasteiger partial charge on any atom is 0.256 e. The van der Waals surface area contributed by atoms with Crippen molar-refractivity contribution in [2.75, 3.05) is 5.32 Å². The van der Waals surface area contributed by atoms with E-state index in [-0.39, 0.29) is 16.6 Å². The van der Waals surface area contributed by atoms with Gasteiger partial charge in [0.1, 0.15) is 5.82 Å². The van der Waals surface area contributed by atoms with Crippen molar-refractivity contribution in [1.29, 1.82) is 0 Å². The lowest BCUT2D eigenvalue weighted by atomic mass is 10.1. The Morgan fingerprint density at radius 2 is 2.05 bits per heavy atom. The van der Waals surface area contributed by atoms with Crippen molar-refractivity contribution in [2.45, 2.75) is 0 Å². The van der Waals surface area contributed by atoms with Gasteiger partial charge < -0.3 is 10.3 Å². The monoisotopic (exact) mass is 288 g/mol. The summed E-state index contributed by atoms with van der Waals surface area (Å²) in [5.41, 5.74) is 1.44. The van der Waals surface area contributed by atoms with Gasteiger partial charge in [0.2, 0.25) is 0 Å². The van der Waals surface area contributed by atoms with Crippen LogP contribution in [0.3, 0.4) is 0 Å². The highest BCUT2D eigenvalue weighted by atomic mass is 35.5. The molecule has 0 saturated heterocycles. The second kappa shape index (κ2) is 4.98. The summed E-state index contributed by atoms with van der Waals surface area (Å²) in [5.74, 6) is -0.927. The Morgan fingerprint density at radius 1 is 1.20 bits per heavy atom. The molecule has 1 amide bonds. The van der Waals surface area contributed by atoms with Gasteiger partial charge in [0, 0.05) is 27.7 Å². The second-order valence-corrected chi connectivity index (χ2v) is 4.76. The molecule has 0 radical (unpaired) electrons. The fraction of sp³-hybridized carbons (Fsp3) is 0. The minimum atomic E-state index is -0.563. The van der Waals surface area contributed by atoms with Gasteiger partial charge in [-0.3, -0.25) is 4.79 Å². The molecule has 3 rings (SSSR count). The lowest BCUT2D eigenvalue weighted by Gasteiger charge is -2.07. The molecule has 0 aliphatic heterocycles. The van der Waals surface area contributed by atoms with Gasteiger partial charge in [-0.05, 0) is 36.4 Å². The van der Waals surface area contributed by atoms with E-state index in [0.717, 1.165) is 17.0 Å². The van der Waals surface area contributed by atoms with Gasteiger partial charge in [0.05, 0.1) is 5.69 Å². The van der Waals surface area contributed by atoms with Crippen molar-refractivity contribution in [1.82, 2.24) is 4.98 Å². The standard InChI is InChI=1S/C15H10ClFN2O/c16-9-4-5-14(12(17)8-9)19-15(20)11-2-1-3-13-10(11)6-7-18-13/h1-8,18H,(H,19,20). The van der Waals surface area contributed by atoms with Crippen LogP contribution in [0.25, 0.3) is 10.9 Å². The minimum Gasteiger partial charge on any atom is -0.361 e. The van der Waals surface area contributed by atoms with Crippen LogP contribution in [0, 0.1) is 5.82 Å². The van der Waals surface area contributed by atoms with Crippen molar-refractivity contribution in [3.63, 3.8) is 0 Å². The lowest BCUT2D eigenvalue weighted by molar-refractivity contribution is 0.102. The van der Waals surface area contributed by atoms with Crippen molar-refractivity contribution < 1.29 is 9.18 Å². The fourth-order valence-corrected chi connectivity index (χ4v) is 2.22. The normalized spacial score (nSPS) is 10.7. The van der Waals surface area contributed by atoms with Gasteiger partial charge in [0.15, 0.2) is 0 Å². The van der Waals surface area contributed by atoms with E-state index < -0.39 is 5.82 Å². The van der Waals surface area contributed by atoms with Crippen LogP contribution in [-0.2, 0) is 0 Å². The summed E-state index contributed by atoms with van der Waals surface area (Å²) < 4.78 is 13.7. The summed E-state index contributed by atoms with van der Waals surface area (Å²) in [6, 6.07) is 11.3. The molecule has 100 valence electrons. The highest BCUT2D eigenvalue weighted by Gasteiger charge is 2.12. The Labute approximate surface area is 119 Å². The van der Waals surface area contributed by atoms with Crippen molar-refractivity contribution in [3.05, 3.63) is 65.1 Å². The van der Waals surface area contributed by atoms with E-state index in [4.69, 9.17) is 11.6 Å². The van der Waals surface area contributed by atoms with Crippen LogP contribution in [-0.4, -0.2) is 10.9 Å². The number of anilines is 1. The summed E-state index contributed by atoms with van der Waals surface area (Å²) in [4.78, 5) is 15.3. The number of hydrogen-bond donors (Lipinski definition) is 2. The predicted molar refractivity (Wildman–Crippen MR) is 77.7 cm³/mol. The van der Waals surface area contributed by atoms with Gasteiger partial charge in [-0.15, -0.1) is 0 Å². The van der Waals surface area contributed by atoms with Crippen molar-refractivity contribution in [3.8, 4) is 0 Å². The number of amides is 1. The van der Waals surface area contributed by atoms with Crippen LogP contribution in [0.1, 0.15) is 10.4 Å². The smallest absolute Gasteiger partial charge is 0.256 e. The highest BCUT2D eigenvalue weighted by Crippen LogP contribution is 2.22. The van der Waals surface area contributed by atoms with Crippen molar-refractivity contribution in [2.24, 2.45) is 0 Å². The van der Waals surface area contributed by atoms with E-state index in [0.29, 0.717) is 5.56 Å². The quantitative estimate of drug-likeness (QED) is 0.729. The Hall–Kier alpha value is -2.33. The molecule has 2 N–H and O–H groups in total. The van der Waals surface area contributed by atoms with E-state index in [1.165, 1.54) is 12.1 Å². The van der Waals surface area contributed by atoms with Gasteiger partial charge in [-0.1, -0.05) is 17.7 Å². The van der Waals surface area contributed by atoms with E-state index in [2.05, 4.69) is 10.3 Å².